The molecule has 0 spiro atoms. The van der Waals surface area contributed by atoms with Crippen LogP contribution in [0.3, 0.4) is 0 Å². The van der Waals surface area contributed by atoms with E-state index in [1.54, 1.807) is 43.1 Å². The Balaban J connectivity index is 1.45. The normalized spacial score (nSPS) is 11.7. The van der Waals surface area contributed by atoms with E-state index in [1.807, 2.05) is 36.4 Å². The van der Waals surface area contributed by atoms with Crippen molar-refractivity contribution in [2.24, 2.45) is 0 Å². The van der Waals surface area contributed by atoms with E-state index in [-0.39, 0.29) is 5.69 Å². The number of nitrogens with zero attached hydrogens (tertiary/aromatic N) is 3. The molecule has 1 unspecified atom stereocenters. The number of hydrogen-bond donors (Lipinski definition) is 1. The number of rotatable bonds is 7. The third-order valence-electron chi connectivity index (χ3n) is 5.33. The maximum Gasteiger partial charge on any atom is 0.412 e. The molecule has 0 aliphatic carbocycles. The number of hydrogen-bond acceptors (Lipinski definition) is 7. The fourth-order valence-electron chi connectivity index (χ4n) is 3.50. The Morgan fingerprint density at radius 3 is 2.63 bits per heavy atom. The van der Waals surface area contributed by atoms with E-state index in [1.165, 1.54) is 7.11 Å². The summed E-state index contributed by atoms with van der Waals surface area (Å²) in [6, 6.07) is 14.7. The number of benzene rings is 2. The molecule has 1 N–H and O–H groups in total. The third kappa shape index (κ3) is 5.52. The van der Waals surface area contributed by atoms with Crippen molar-refractivity contribution in [1.29, 1.82) is 0 Å². The molecule has 0 saturated heterocycles. The lowest BCUT2D eigenvalue weighted by Crippen LogP contribution is -2.17. The van der Waals surface area contributed by atoms with Crippen LogP contribution in [0.4, 0.5) is 10.5 Å². The average Bonchev–Trinajstić information content (AvgIpc) is 3.46. The molecule has 4 rings (SSSR count). The van der Waals surface area contributed by atoms with Gasteiger partial charge in [-0.25, -0.2) is 14.6 Å². The third-order valence-corrected chi connectivity index (χ3v) is 5.67. The predicted molar refractivity (Wildman–Crippen MR) is 129 cm³/mol. The summed E-state index contributed by atoms with van der Waals surface area (Å²) in [4.78, 5) is 28.2. The highest BCUT2D eigenvalue weighted by Crippen LogP contribution is 2.32. The van der Waals surface area contributed by atoms with Gasteiger partial charge in [0.15, 0.2) is 11.5 Å². The first-order chi connectivity index (χ1) is 16.9. The molecule has 1 atom stereocenters. The molecular formula is C25H23ClN4O5. The highest BCUT2D eigenvalue weighted by atomic mass is 35.5. The van der Waals surface area contributed by atoms with E-state index in [4.69, 9.17) is 20.9 Å². The number of ether oxygens (including phenoxy) is 2. The zero-order valence-electron chi connectivity index (χ0n) is 19.3. The quantitative estimate of drug-likeness (QED) is 0.331. The minimum absolute atomic E-state index is 0.243. The van der Waals surface area contributed by atoms with Crippen LogP contribution in [-0.2, 0) is 16.0 Å². The zero-order chi connectivity index (χ0) is 24.9. The molecule has 0 fully saturated rings. The van der Waals surface area contributed by atoms with Gasteiger partial charge in [-0.05, 0) is 25.5 Å². The first-order valence-corrected chi connectivity index (χ1v) is 11.1. The number of anilines is 1. The number of amides is 1. The first kappa shape index (κ1) is 24.0. The number of halogens is 1. The Morgan fingerprint density at radius 2 is 1.91 bits per heavy atom. The van der Waals surface area contributed by atoms with Gasteiger partial charge in [-0.2, -0.15) is 0 Å². The summed E-state index contributed by atoms with van der Waals surface area (Å²) in [5.74, 6) is -0.0772. The topological polar surface area (TPSA) is 108 Å². The number of aromatic nitrogens is 3. The van der Waals surface area contributed by atoms with Crippen molar-refractivity contribution >= 4 is 29.4 Å². The Labute approximate surface area is 206 Å². The number of methoxy groups -OCH3 is 1. The van der Waals surface area contributed by atoms with Crippen LogP contribution in [0.15, 0.2) is 65.6 Å². The summed E-state index contributed by atoms with van der Waals surface area (Å²) in [5, 5.41) is 7.25. The van der Waals surface area contributed by atoms with Gasteiger partial charge in [-0.15, -0.1) is 0 Å². The molecule has 1 amide bonds. The van der Waals surface area contributed by atoms with Gasteiger partial charge in [-0.1, -0.05) is 59.2 Å². The predicted octanol–water partition coefficient (Wildman–Crippen LogP) is 5.64. The van der Waals surface area contributed by atoms with Gasteiger partial charge in [0.2, 0.25) is 0 Å². The Morgan fingerprint density at radius 1 is 1.17 bits per heavy atom. The molecule has 4 aromatic rings. The van der Waals surface area contributed by atoms with Crippen LogP contribution in [0.25, 0.3) is 11.3 Å². The van der Waals surface area contributed by atoms with Gasteiger partial charge in [0.25, 0.3) is 0 Å². The van der Waals surface area contributed by atoms with Crippen LogP contribution < -0.4 is 5.32 Å². The van der Waals surface area contributed by atoms with Crippen LogP contribution in [0.5, 0.6) is 0 Å². The maximum absolute atomic E-state index is 12.6. The molecular weight excluding hydrogens is 472 g/mol. The van der Waals surface area contributed by atoms with Gasteiger partial charge in [-0.3, -0.25) is 5.32 Å². The van der Waals surface area contributed by atoms with Crippen LogP contribution in [0, 0.1) is 6.92 Å². The van der Waals surface area contributed by atoms with Crippen molar-refractivity contribution in [3.8, 4) is 11.3 Å². The molecule has 0 aliphatic heterocycles. The van der Waals surface area contributed by atoms with E-state index in [9.17, 15) is 9.59 Å². The van der Waals surface area contributed by atoms with E-state index in [0.29, 0.717) is 34.3 Å². The first-order valence-electron chi connectivity index (χ1n) is 10.7. The van der Waals surface area contributed by atoms with E-state index >= 15 is 0 Å². The second-order valence-corrected chi connectivity index (χ2v) is 8.19. The summed E-state index contributed by atoms with van der Waals surface area (Å²) in [6.07, 6.45) is 1.99. The Kier molecular flexibility index (Phi) is 7.17. The number of esters is 1. The molecule has 10 heteroatoms. The van der Waals surface area contributed by atoms with Crippen molar-refractivity contribution in [3.63, 3.8) is 0 Å². The zero-order valence-corrected chi connectivity index (χ0v) is 20.1. The minimum Gasteiger partial charge on any atom is -0.464 e. The Hall–Kier alpha value is -4.11. The fraction of sp³-hybridized carbons (Fsp3) is 0.200. The van der Waals surface area contributed by atoms with Gasteiger partial charge in [0.1, 0.15) is 17.5 Å². The minimum atomic E-state index is -0.650. The van der Waals surface area contributed by atoms with E-state index in [2.05, 4.69) is 20.2 Å². The molecule has 0 radical (unpaired) electrons. The van der Waals surface area contributed by atoms with Crippen molar-refractivity contribution < 1.29 is 23.6 Å². The van der Waals surface area contributed by atoms with Crippen LogP contribution in [0.1, 0.15) is 40.3 Å². The van der Waals surface area contributed by atoms with E-state index < -0.39 is 18.2 Å². The van der Waals surface area contributed by atoms with Crippen LogP contribution >= 0.6 is 11.6 Å². The number of carbonyl (C=O) groups is 2. The summed E-state index contributed by atoms with van der Waals surface area (Å²) in [5.41, 5.74) is 3.59. The van der Waals surface area contributed by atoms with Crippen LogP contribution in [0.2, 0.25) is 5.02 Å². The monoisotopic (exact) mass is 494 g/mol. The van der Waals surface area contributed by atoms with Crippen molar-refractivity contribution in [1.82, 2.24) is 14.7 Å². The largest absolute Gasteiger partial charge is 0.464 e. The standard InChI is InChI=1S/C25H23ClN4O5/c1-15-22(28-25(32)34-16(2)19-6-4-5-7-20(19)26)23(35-29-15)18-10-8-17(9-11-18)12-30-13-21(27-14-30)24(31)33-3/h4-11,13-14,16H,12H2,1-3H3,(H,28,32). The molecule has 180 valence electrons. The molecule has 2 aromatic carbocycles. The molecule has 9 nitrogen and oxygen atoms in total. The van der Waals surface area contributed by atoms with Gasteiger partial charge in [0, 0.05) is 28.9 Å². The lowest BCUT2D eigenvalue weighted by atomic mass is 10.1. The average molecular weight is 495 g/mol. The van der Waals surface area contributed by atoms with Gasteiger partial charge in [0.05, 0.1) is 13.4 Å². The number of carbonyl (C=O) groups excluding carboxylic acids is 2. The highest BCUT2D eigenvalue weighted by Gasteiger charge is 2.20. The summed E-state index contributed by atoms with van der Waals surface area (Å²) < 4.78 is 17.4. The lowest BCUT2D eigenvalue weighted by Gasteiger charge is -2.15. The summed E-state index contributed by atoms with van der Waals surface area (Å²) >= 11 is 6.20. The van der Waals surface area contributed by atoms with Crippen molar-refractivity contribution in [2.45, 2.75) is 26.5 Å². The maximum atomic E-state index is 12.6. The van der Waals surface area contributed by atoms with Gasteiger partial charge < -0.3 is 18.6 Å². The molecule has 0 bridgehead atoms. The molecule has 35 heavy (non-hydrogen) atoms. The fourth-order valence-corrected chi connectivity index (χ4v) is 3.79. The smallest absolute Gasteiger partial charge is 0.412 e. The molecule has 2 heterocycles. The highest BCUT2D eigenvalue weighted by molar-refractivity contribution is 6.31. The molecule has 2 aromatic heterocycles. The second-order valence-electron chi connectivity index (χ2n) is 7.79. The van der Waals surface area contributed by atoms with Crippen molar-refractivity contribution in [2.75, 3.05) is 12.4 Å². The Bertz CT molecular complexity index is 1350. The number of nitrogens with one attached hydrogen (secondary N) is 1. The summed E-state index contributed by atoms with van der Waals surface area (Å²) in [6.45, 7) is 3.98. The number of aryl methyl sites for hydroxylation is 1. The SMILES string of the molecule is COC(=O)c1cn(Cc2ccc(-c3onc(C)c3NC(=O)OC(C)c3ccccc3Cl)cc2)cn1. The summed E-state index contributed by atoms with van der Waals surface area (Å²) in [7, 11) is 1.31. The van der Waals surface area contributed by atoms with Crippen molar-refractivity contribution in [3.05, 3.63) is 88.6 Å². The number of imidazole rings is 1. The lowest BCUT2D eigenvalue weighted by molar-refractivity contribution is 0.0594. The van der Waals surface area contributed by atoms with Crippen LogP contribution in [-0.4, -0.2) is 33.9 Å². The van der Waals surface area contributed by atoms with Gasteiger partial charge >= 0.3 is 12.1 Å². The second kappa shape index (κ2) is 10.4. The van der Waals surface area contributed by atoms with E-state index in [0.717, 1.165) is 11.1 Å². The molecule has 0 aliphatic rings. The molecule has 0 saturated carbocycles.